The van der Waals surface area contributed by atoms with Gasteiger partial charge in [0.1, 0.15) is 0 Å². The highest BCUT2D eigenvalue weighted by atomic mass is 31.1. The lowest BCUT2D eigenvalue weighted by Crippen LogP contribution is -2.07. The van der Waals surface area contributed by atoms with Crippen LogP contribution in [0.25, 0.3) is 11.1 Å². The van der Waals surface area contributed by atoms with Crippen molar-refractivity contribution in [1.29, 1.82) is 0 Å². The van der Waals surface area contributed by atoms with E-state index in [4.69, 9.17) is 0 Å². The summed E-state index contributed by atoms with van der Waals surface area (Å²) in [7, 11) is -1.86. The Labute approximate surface area is 150 Å². The fourth-order valence-electron chi connectivity index (χ4n) is 2.83. The molecule has 3 rings (SSSR count). The first-order valence-electron chi connectivity index (χ1n) is 8.13. The highest BCUT2D eigenvalue weighted by Crippen LogP contribution is 2.21. The van der Waals surface area contributed by atoms with Crippen molar-refractivity contribution >= 4 is 19.1 Å². The maximum absolute atomic E-state index is 11.3. The minimum Gasteiger partial charge on any atom is -0.243 e. The zero-order chi connectivity index (χ0) is 18.2. The van der Waals surface area contributed by atoms with E-state index in [1.807, 2.05) is 45.0 Å². The molecule has 0 heterocycles. The Kier molecular flexibility index (Phi) is 6.80. The molecule has 3 heteroatoms. The van der Waals surface area contributed by atoms with Crippen LogP contribution < -0.4 is 5.30 Å². The molecule has 0 N–H and O–H groups in total. The van der Waals surface area contributed by atoms with Crippen molar-refractivity contribution in [3.8, 4) is 11.1 Å². The molecule has 126 valence electrons. The second-order valence-electron chi connectivity index (χ2n) is 5.91. The standard InChI is InChI=1S/C12H10.C10H12O2P/c1-3-7-11(8-4-1)12-9-5-2-6-10-12;1-7-4-8(2)10(9(3)5-7)13(12)6-11/h1-10H;4-6H,1-3H3/q;+1. The summed E-state index contributed by atoms with van der Waals surface area (Å²) in [5, 5.41) is 0.690. The number of aryl methyl sites for hydroxylation is 3. The minimum atomic E-state index is -1.86. The second kappa shape index (κ2) is 9.05. The van der Waals surface area contributed by atoms with Gasteiger partial charge in [-0.3, -0.25) is 0 Å². The first-order valence-corrected chi connectivity index (χ1v) is 9.45. The largest absolute Gasteiger partial charge is 0.450 e. The van der Waals surface area contributed by atoms with E-state index in [1.54, 1.807) is 0 Å². The molecule has 2 nitrogen and oxygen atoms in total. The topological polar surface area (TPSA) is 34.1 Å². The summed E-state index contributed by atoms with van der Waals surface area (Å²) in [4.78, 5) is 10.4. The number of carbonyl (C=O) groups is 1. The monoisotopic (exact) mass is 349 g/mol. The Bertz CT molecular complexity index is 795. The van der Waals surface area contributed by atoms with Crippen molar-refractivity contribution in [2.45, 2.75) is 20.8 Å². The van der Waals surface area contributed by atoms with Gasteiger partial charge < -0.3 is 0 Å². The molecular weight excluding hydrogens is 327 g/mol. The third kappa shape index (κ3) is 5.20. The smallest absolute Gasteiger partial charge is 0.243 e. The Morgan fingerprint density at radius 3 is 1.48 bits per heavy atom. The molecule has 0 saturated carbocycles. The van der Waals surface area contributed by atoms with Crippen LogP contribution in [0.2, 0.25) is 0 Å². The average Bonchev–Trinajstić information content (AvgIpc) is 2.63. The van der Waals surface area contributed by atoms with Crippen molar-refractivity contribution < 1.29 is 9.36 Å². The Morgan fingerprint density at radius 1 is 0.720 bits per heavy atom. The van der Waals surface area contributed by atoms with Gasteiger partial charge in [-0.25, -0.2) is 4.79 Å². The van der Waals surface area contributed by atoms with Crippen LogP contribution in [0.5, 0.6) is 0 Å². The summed E-state index contributed by atoms with van der Waals surface area (Å²) < 4.78 is 11.3. The zero-order valence-electron chi connectivity index (χ0n) is 14.8. The van der Waals surface area contributed by atoms with Gasteiger partial charge in [0.15, 0.2) is 0 Å². The van der Waals surface area contributed by atoms with E-state index >= 15 is 0 Å². The van der Waals surface area contributed by atoms with Crippen LogP contribution >= 0.6 is 7.80 Å². The van der Waals surface area contributed by atoms with E-state index in [0.29, 0.717) is 11.3 Å². The summed E-state index contributed by atoms with van der Waals surface area (Å²) in [5.41, 5.74) is 5.56. The van der Waals surface area contributed by atoms with Gasteiger partial charge in [-0.2, -0.15) is 0 Å². The molecule has 0 aliphatic heterocycles. The number of hydrogen-bond acceptors (Lipinski definition) is 2. The van der Waals surface area contributed by atoms with Crippen LogP contribution in [0.1, 0.15) is 16.7 Å². The number of rotatable bonds is 3. The van der Waals surface area contributed by atoms with Crippen LogP contribution in [-0.4, -0.2) is 6.03 Å². The molecule has 0 radical (unpaired) electrons. The fraction of sp³-hybridized carbons (Fsp3) is 0.136. The summed E-state index contributed by atoms with van der Waals surface area (Å²) in [6, 6.07) is 25.2. The Morgan fingerprint density at radius 2 is 1.12 bits per heavy atom. The minimum absolute atomic E-state index is 0.514. The fourth-order valence-corrected chi connectivity index (χ4v) is 3.76. The van der Waals surface area contributed by atoms with Crippen LogP contribution in [-0.2, 0) is 9.36 Å². The molecule has 1 unspecified atom stereocenters. The predicted octanol–water partition coefficient (Wildman–Crippen LogP) is 5.61. The van der Waals surface area contributed by atoms with Gasteiger partial charge in [-0.15, -0.1) is 0 Å². The molecule has 0 aliphatic rings. The van der Waals surface area contributed by atoms with E-state index < -0.39 is 7.80 Å². The molecule has 3 aromatic rings. The van der Waals surface area contributed by atoms with Gasteiger partial charge in [0, 0.05) is 11.1 Å². The summed E-state index contributed by atoms with van der Waals surface area (Å²) >= 11 is 0. The summed E-state index contributed by atoms with van der Waals surface area (Å²) in [6.45, 7) is 5.75. The molecular formula is C22H22O2P+. The van der Waals surface area contributed by atoms with Gasteiger partial charge in [0.25, 0.3) is 0 Å². The van der Waals surface area contributed by atoms with Crippen molar-refractivity contribution in [3.05, 3.63) is 89.5 Å². The summed E-state index contributed by atoms with van der Waals surface area (Å²) in [6.07, 6.45) is 0. The normalized spacial score (nSPS) is 10.4. The van der Waals surface area contributed by atoms with Crippen molar-refractivity contribution in [2.24, 2.45) is 0 Å². The third-order valence-corrected chi connectivity index (χ3v) is 5.17. The van der Waals surface area contributed by atoms with Gasteiger partial charge in [0.05, 0.1) is 0 Å². The van der Waals surface area contributed by atoms with E-state index in [2.05, 4.69) is 48.5 Å². The van der Waals surface area contributed by atoms with Crippen molar-refractivity contribution in [3.63, 3.8) is 0 Å². The molecule has 0 aliphatic carbocycles. The molecule has 3 aromatic carbocycles. The number of carbonyl (C=O) groups excluding carboxylic acids is 1. The van der Waals surface area contributed by atoms with E-state index in [1.165, 1.54) is 11.1 Å². The quantitative estimate of drug-likeness (QED) is 0.455. The maximum atomic E-state index is 11.3. The van der Waals surface area contributed by atoms with Crippen molar-refractivity contribution in [2.75, 3.05) is 0 Å². The highest BCUT2D eigenvalue weighted by Gasteiger charge is 2.24. The Balaban J connectivity index is 0.000000181. The zero-order valence-corrected chi connectivity index (χ0v) is 15.7. The number of benzene rings is 3. The molecule has 0 amide bonds. The lowest BCUT2D eigenvalue weighted by Gasteiger charge is -1.99. The molecule has 0 spiro atoms. The van der Waals surface area contributed by atoms with E-state index in [9.17, 15) is 9.36 Å². The number of hydrogen-bond donors (Lipinski definition) is 0. The first kappa shape index (κ1) is 18.8. The third-order valence-electron chi connectivity index (χ3n) is 3.83. The van der Waals surface area contributed by atoms with E-state index in [-0.39, 0.29) is 0 Å². The van der Waals surface area contributed by atoms with Crippen LogP contribution in [0.3, 0.4) is 0 Å². The molecule has 0 bridgehead atoms. The van der Waals surface area contributed by atoms with Gasteiger partial charge in [-0.1, -0.05) is 82.9 Å². The van der Waals surface area contributed by atoms with E-state index in [0.717, 1.165) is 16.7 Å². The molecule has 25 heavy (non-hydrogen) atoms. The lowest BCUT2D eigenvalue weighted by atomic mass is 10.1. The molecule has 0 saturated heterocycles. The molecule has 1 atom stereocenters. The van der Waals surface area contributed by atoms with Crippen LogP contribution in [0.4, 0.5) is 0 Å². The highest BCUT2D eigenvalue weighted by molar-refractivity contribution is 7.68. The average molecular weight is 349 g/mol. The maximum Gasteiger partial charge on any atom is 0.450 e. The SMILES string of the molecule is Cc1cc(C)c([P+](=O)C=O)c(C)c1.c1ccc(-c2ccccc2)cc1. The Hall–Kier alpha value is -2.57. The van der Waals surface area contributed by atoms with Crippen molar-refractivity contribution in [1.82, 2.24) is 0 Å². The van der Waals surface area contributed by atoms with Gasteiger partial charge in [-0.05, 0) is 31.9 Å². The lowest BCUT2D eigenvalue weighted by molar-refractivity contribution is 0.560. The molecule has 0 aromatic heterocycles. The molecule has 0 fully saturated rings. The van der Waals surface area contributed by atoms with Crippen LogP contribution in [0.15, 0.2) is 72.8 Å². The summed E-state index contributed by atoms with van der Waals surface area (Å²) in [5.74, 6) is 0. The van der Waals surface area contributed by atoms with Gasteiger partial charge in [0.2, 0.25) is 5.30 Å². The first-order chi connectivity index (χ1) is 12.0. The van der Waals surface area contributed by atoms with Gasteiger partial charge >= 0.3 is 13.8 Å². The predicted molar refractivity (Wildman–Crippen MR) is 107 cm³/mol. The van der Waals surface area contributed by atoms with Crippen LogP contribution in [0, 0.1) is 20.8 Å². The second-order valence-corrected chi connectivity index (χ2v) is 7.22.